The summed E-state index contributed by atoms with van der Waals surface area (Å²) in [6.45, 7) is 4.42. The summed E-state index contributed by atoms with van der Waals surface area (Å²) in [5.74, 6) is -0.583. The third-order valence-electron chi connectivity index (χ3n) is 4.56. The first-order chi connectivity index (χ1) is 13.6. The van der Waals surface area contributed by atoms with E-state index in [-0.39, 0.29) is 5.91 Å². The lowest BCUT2D eigenvalue weighted by molar-refractivity contribution is 0.0954. The molecular formula is C21H25FN4O2. The summed E-state index contributed by atoms with van der Waals surface area (Å²) in [6.07, 6.45) is 3.05. The van der Waals surface area contributed by atoms with Gasteiger partial charge in [0.15, 0.2) is 0 Å². The van der Waals surface area contributed by atoms with Crippen LogP contribution in [0.2, 0.25) is 0 Å². The van der Waals surface area contributed by atoms with E-state index in [4.69, 9.17) is 0 Å². The van der Waals surface area contributed by atoms with Crippen LogP contribution in [0.4, 0.5) is 26.2 Å². The third-order valence-corrected chi connectivity index (χ3v) is 4.56. The lowest BCUT2D eigenvalue weighted by atomic mass is 10.1. The minimum Gasteiger partial charge on any atom is -0.371 e. The summed E-state index contributed by atoms with van der Waals surface area (Å²) in [6, 6.07) is 10.5. The van der Waals surface area contributed by atoms with Crippen molar-refractivity contribution in [1.29, 1.82) is 0 Å². The average molecular weight is 384 g/mol. The van der Waals surface area contributed by atoms with E-state index in [1.165, 1.54) is 18.2 Å². The molecule has 1 aliphatic rings. The van der Waals surface area contributed by atoms with Crippen molar-refractivity contribution in [2.24, 2.45) is 0 Å². The molecule has 0 spiro atoms. The quantitative estimate of drug-likeness (QED) is 0.698. The molecule has 0 saturated carbocycles. The van der Waals surface area contributed by atoms with Gasteiger partial charge in [-0.05, 0) is 55.7 Å². The molecule has 1 saturated heterocycles. The van der Waals surface area contributed by atoms with Crippen LogP contribution >= 0.6 is 0 Å². The molecule has 1 aliphatic heterocycles. The Labute approximate surface area is 164 Å². The molecule has 3 rings (SSSR count). The number of halogens is 1. The molecule has 3 amide bonds. The maximum absolute atomic E-state index is 13.3. The number of hydrogen-bond acceptors (Lipinski definition) is 3. The van der Waals surface area contributed by atoms with Crippen LogP contribution in [0.1, 0.15) is 36.5 Å². The van der Waals surface area contributed by atoms with Gasteiger partial charge in [-0.25, -0.2) is 9.18 Å². The first-order valence-corrected chi connectivity index (χ1v) is 9.57. The number of rotatable bonds is 6. The topological polar surface area (TPSA) is 73.5 Å². The highest BCUT2D eigenvalue weighted by atomic mass is 19.1. The molecule has 0 aliphatic carbocycles. The number of nitrogens with zero attached hydrogens (tertiary/aromatic N) is 1. The van der Waals surface area contributed by atoms with E-state index >= 15 is 0 Å². The number of benzene rings is 2. The maximum Gasteiger partial charge on any atom is 0.323 e. The molecule has 0 bridgehead atoms. The number of hydrogen-bond donors (Lipinski definition) is 3. The minimum absolute atomic E-state index is 0.155. The number of nitrogens with one attached hydrogen (secondary N) is 3. The average Bonchev–Trinajstić information content (AvgIpc) is 3.20. The van der Waals surface area contributed by atoms with Crippen LogP contribution < -0.4 is 20.9 Å². The van der Waals surface area contributed by atoms with Gasteiger partial charge in [-0.2, -0.15) is 0 Å². The van der Waals surface area contributed by atoms with Gasteiger partial charge in [0.25, 0.3) is 5.91 Å². The zero-order valence-electron chi connectivity index (χ0n) is 15.9. The second-order valence-electron chi connectivity index (χ2n) is 6.77. The van der Waals surface area contributed by atoms with Crippen LogP contribution in [0.5, 0.6) is 0 Å². The molecule has 3 N–H and O–H groups in total. The van der Waals surface area contributed by atoms with Gasteiger partial charge in [-0.15, -0.1) is 0 Å². The second-order valence-corrected chi connectivity index (χ2v) is 6.77. The van der Waals surface area contributed by atoms with E-state index in [1.807, 2.05) is 13.0 Å². The van der Waals surface area contributed by atoms with Crippen molar-refractivity contribution < 1.29 is 14.0 Å². The predicted octanol–water partition coefficient (Wildman–Crippen LogP) is 4.21. The van der Waals surface area contributed by atoms with Gasteiger partial charge in [0, 0.05) is 36.7 Å². The van der Waals surface area contributed by atoms with Gasteiger partial charge in [-0.1, -0.05) is 13.0 Å². The highest BCUT2D eigenvalue weighted by Crippen LogP contribution is 2.27. The molecule has 2 aromatic carbocycles. The molecule has 0 radical (unpaired) electrons. The maximum atomic E-state index is 13.3. The number of carbonyl (C=O) groups is 2. The molecule has 0 atom stereocenters. The lowest BCUT2D eigenvalue weighted by Gasteiger charge is -2.22. The summed E-state index contributed by atoms with van der Waals surface area (Å²) in [5, 5.41) is 8.19. The van der Waals surface area contributed by atoms with E-state index in [0.717, 1.165) is 38.0 Å². The second kappa shape index (κ2) is 9.21. The summed E-state index contributed by atoms with van der Waals surface area (Å²) in [7, 11) is 0. The minimum atomic E-state index is -0.501. The van der Waals surface area contributed by atoms with E-state index in [9.17, 15) is 14.0 Å². The number of urea groups is 1. The highest BCUT2D eigenvalue weighted by molar-refractivity contribution is 6.04. The van der Waals surface area contributed by atoms with Gasteiger partial charge in [-0.3, -0.25) is 4.79 Å². The van der Waals surface area contributed by atoms with Gasteiger partial charge < -0.3 is 20.9 Å². The van der Waals surface area contributed by atoms with Crippen molar-refractivity contribution in [2.45, 2.75) is 26.2 Å². The fraction of sp³-hybridized carbons (Fsp3) is 0.333. The first kappa shape index (κ1) is 19.7. The zero-order chi connectivity index (χ0) is 19.9. The van der Waals surface area contributed by atoms with Crippen LogP contribution in [-0.4, -0.2) is 31.6 Å². The van der Waals surface area contributed by atoms with Crippen molar-refractivity contribution in [3.8, 4) is 0 Å². The van der Waals surface area contributed by atoms with Gasteiger partial charge in [0.05, 0.1) is 5.56 Å². The third kappa shape index (κ3) is 5.00. The Kier molecular flexibility index (Phi) is 6.47. The van der Waals surface area contributed by atoms with Crippen molar-refractivity contribution >= 4 is 29.0 Å². The van der Waals surface area contributed by atoms with Crippen molar-refractivity contribution in [1.82, 2.24) is 5.32 Å². The smallest absolute Gasteiger partial charge is 0.323 e. The number of amides is 3. The molecule has 7 heteroatoms. The largest absolute Gasteiger partial charge is 0.371 e. The van der Waals surface area contributed by atoms with E-state index < -0.39 is 11.8 Å². The summed E-state index contributed by atoms with van der Waals surface area (Å²) in [4.78, 5) is 27.1. The molecule has 6 nitrogen and oxygen atoms in total. The van der Waals surface area contributed by atoms with Gasteiger partial charge in [0.2, 0.25) is 0 Å². The zero-order valence-corrected chi connectivity index (χ0v) is 15.9. The number of carbonyl (C=O) groups excluding carboxylic acids is 2. The summed E-state index contributed by atoms with van der Waals surface area (Å²) in [5.41, 5.74) is 2.27. The fourth-order valence-electron chi connectivity index (χ4n) is 3.22. The Bertz CT molecular complexity index is 850. The SMILES string of the molecule is CCCNC(=O)c1cc(NC(=O)Nc2cccc(F)c2)ccc1N1CCCC1. The Morgan fingerprint density at radius 1 is 1.04 bits per heavy atom. The normalized spacial score (nSPS) is 13.3. The van der Waals surface area contributed by atoms with Crippen LogP contribution in [0.15, 0.2) is 42.5 Å². The van der Waals surface area contributed by atoms with Crippen molar-refractivity contribution in [3.05, 3.63) is 53.8 Å². The standard InChI is InChI=1S/C21H25FN4O2/c1-2-10-23-20(27)18-14-17(8-9-19(18)26-11-3-4-12-26)25-21(28)24-16-7-5-6-15(22)13-16/h5-9,13-14H,2-4,10-12H2,1H3,(H,23,27)(H2,24,25,28). The van der Waals surface area contributed by atoms with Gasteiger partial charge in [0.1, 0.15) is 5.82 Å². The summed E-state index contributed by atoms with van der Waals surface area (Å²) < 4.78 is 13.3. The van der Waals surface area contributed by atoms with Crippen LogP contribution in [0.25, 0.3) is 0 Å². The van der Waals surface area contributed by atoms with Crippen LogP contribution in [-0.2, 0) is 0 Å². The van der Waals surface area contributed by atoms with Crippen LogP contribution in [0, 0.1) is 5.82 Å². The van der Waals surface area contributed by atoms with Crippen molar-refractivity contribution in [3.63, 3.8) is 0 Å². The molecular weight excluding hydrogens is 359 g/mol. The Hall–Kier alpha value is -3.09. The van der Waals surface area contributed by atoms with E-state index in [1.54, 1.807) is 18.2 Å². The summed E-state index contributed by atoms with van der Waals surface area (Å²) >= 11 is 0. The van der Waals surface area contributed by atoms with Crippen LogP contribution in [0.3, 0.4) is 0 Å². The molecule has 1 heterocycles. The number of anilines is 3. The molecule has 0 unspecified atom stereocenters. The monoisotopic (exact) mass is 384 g/mol. The lowest BCUT2D eigenvalue weighted by Crippen LogP contribution is -2.28. The van der Waals surface area contributed by atoms with Crippen molar-refractivity contribution in [2.75, 3.05) is 35.2 Å². The Morgan fingerprint density at radius 3 is 2.43 bits per heavy atom. The molecule has 0 aromatic heterocycles. The van der Waals surface area contributed by atoms with E-state index in [0.29, 0.717) is 23.5 Å². The molecule has 2 aromatic rings. The fourth-order valence-corrected chi connectivity index (χ4v) is 3.22. The van der Waals surface area contributed by atoms with E-state index in [2.05, 4.69) is 20.9 Å². The molecule has 1 fully saturated rings. The predicted molar refractivity (Wildman–Crippen MR) is 110 cm³/mol. The highest BCUT2D eigenvalue weighted by Gasteiger charge is 2.20. The first-order valence-electron chi connectivity index (χ1n) is 9.57. The Morgan fingerprint density at radius 2 is 1.75 bits per heavy atom. The Balaban J connectivity index is 1.77. The molecule has 148 valence electrons. The molecule has 28 heavy (non-hydrogen) atoms. The van der Waals surface area contributed by atoms with Gasteiger partial charge >= 0.3 is 6.03 Å².